The highest BCUT2D eigenvalue weighted by Gasteiger charge is 2.05. The first-order valence-electron chi connectivity index (χ1n) is 5.95. The second-order valence-corrected chi connectivity index (χ2v) is 3.87. The van der Waals surface area contributed by atoms with Crippen LogP contribution in [0.1, 0.15) is 22.8 Å². The van der Waals surface area contributed by atoms with Gasteiger partial charge in [0, 0.05) is 18.7 Å². The Balaban J connectivity index is 2.59. The molecule has 2 amide bonds. The largest absolute Gasteiger partial charge is 0.352 e. The Morgan fingerprint density at radius 3 is 2.67 bits per heavy atom. The van der Waals surface area contributed by atoms with Crippen molar-refractivity contribution < 1.29 is 9.59 Å². The summed E-state index contributed by atoms with van der Waals surface area (Å²) >= 11 is 0. The predicted molar refractivity (Wildman–Crippen MR) is 70.2 cm³/mol. The molecule has 1 rings (SSSR count). The molecule has 5 heteroatoms. The Kier molecular flexibility index (Phi) is 5.87. The molecule has 5 nitrogen and oxygen atoms in total. The molecule has 0 aromatic heterocycles. The molecule has 0 fully saturated rings. The molecule has 3 N–H and O–H groups in total. The summed E-state index contributed by atoms with van der Waals surface area (Å²) in [5.41, 5.74) is 1.51. The lowest BCUT2D eigenvalue weighted by Crippen LogP contribution is -2.31. The van der Waals surface area contributed by atoms with Crippen molar-refractivity contribution >= 4 is 11.8 Å². The first-order valence-corrected chi connectivity index (χ1v) is 5.95. The number of carbonyl (C=O) groups excluding carboxylic acids is 2. The third-order valence-corrected chi connectivity index (χ3v) is 2.35. The lowest BCUT2D eigenvalue weighted by molar-refractivity contribution is -0.120. The Bertz CT molecular complexity index is 418. The van der Waals surface area contributed by atoms with Gasteiger partial charge in [-0.2, -0.15) is 0 Å². The van der Waals surface area contributed by atoms with E-state index < -0.39 is 0 Å². The Morgan fingerprint density at radius 1 is 1.22 bits per heavy atom. The molecular formula is C13H19N3O2. The molecule has 0 atom stereocenters. The predicted octanol–water partition coefficient (Wildman–Crippen LogP) is 0.272. The van der Waals surface area contributed by atoms with Gasteiger partial charge in [-0.25, -0.2) is 0 Å². The van der Waals surface area contributed by atoms with E-state index in [4.69, 9.17) is 0 Å². The molecule has 1 aromatic carbocycles. The van der Waals surface area contributed by atoms with Gasteiger partial charge in [-0.05, 0) is 31.7 Å². The Hall–Kier alpha value is -1.88. The van der Waals surface area contributed by atoms with E-state index >= 15 is 0 Å². The Morgan fingerprint density at radius 2 is 2.00 bits per heavy atom. The first kappa shape index (κ1) is 14.2. The summed E-state index contributed by atoms with van der Waals surface area (Å²) in [6.45, 7) is 3.19. The van der Waals surface area contributed by atoms with Gasteiger partial charge < -0.3 is 16.0 Å². The van der Waals surface area contributed by atoms with E-state index in [1.807, 2.05) is 19.1 Å². The van der Waals surface area contributed by atoms with Crippen molar-refractivity contribution in [1.29, 1.82) is 0 Å². The van der Waals surface area contributed by atoms with Crippen molar-refractivity contribution in [2.24, 2.45) is 0 Å². The molecule has 0 spiro atoms. The van der Waals surface area contributed by atoms with Gasteiger partial charge in [0.2, 0.25) is 5.91 Å². The zero-order chi connectivity index (χ0) is 13.4. The van der Waals surface area contributed by atoms with Crippen LogP contribution in [0.2, 0.25) is 0 Å². The highest BCUT2D eigenvalue weighted by atomic mass is 16.2. The van der Waals surface area contributed by atoms with Gasteiger partial charge in [0.1, 0.15) is 0 Å². The lowest BCUT2D eigenvalue weighted by atomic mass is 10.1. The fraction of sp³-hybridized carbons (Fsp3) is 0.385. The number of nitrogens with one attached hydrogen (secondary N) is 3. The number of rotatable bonds is 6. The highest BCUT2D eigenvalue weighted by Crippen LogP contribution is 2.05. The van der Waals surface area contributed by atoms with Crippen LogP contribution in [-0.2, 0) is 11.3 Å². The number of benzene rings is 1. The van der Waals surface area contributed by atoms with Gasteiger partial charge >= 0.3 is 0 Å². The van der Waals surface area contributed by atoms with Crippen LogP contribution in [-0.4, -0.2) is 32.0 Å². The van der Waals surface area contributed by atoms with Crippen molar-refractivity contribution in [3.05, 3.63) is 35.4 Å². The van der Waals surface area contributed by atoms with E-state index in [9.17, 15) is 9.59 Å². The summed E-state index contributed by atoms with van der Waals surface area (Å²) in [7, 11) is 1.72. The van der Waals surface area contributed by atoms with Crippen LogP contribution < -0.4 is 16.0 Å². The van der Waals surface area contributed by atoms with Gasteiger partial charge in [0.15, 0.2) is 0 Å². The number of hydrogen-bond donors (Lipinski definition) is 3. The van der Waals surface area contributed by atoms with Crippen LogP contribution in [0.5, 0.6) is 0 Å². The maximum atomic E-state index is 11.6. The average molecular weight is 249 g/mol. The first-order chi connectivity index (χ1) is 8.67. The molecule has 0 radical (unpaired) electrons. The molecule has 98 valence electrons. The molecular weight excluding hydrogens is 230 g/mol. The second-order valence-electron chi connectivity index (χ2n) is 3.87. The topological polar surface area (TPSA) is 70.2 Å². The fourth-order valence-electron chi connectivity index (χ4n) is 1.51. The summed E-state index contributed by atoms with van der Waals surface area (Å²) in [5, 5.41) is 8.28. The second kappa shape index (κ2) is 7.45. The molecule has 0 aliphatic heterocycles. The van der Waals surface area contributed by atoms with Crippen molar-refractivity contribution in [2.75, 3.05) is 20.1 Å². The monoisotopic (exact) mass is 249 g/mol. The number of carbonyl (C=O) groups is 2. The van der Waals surface area contributed by atoms with Crippen LogP contribution in [0.15, 0.2) is 24.3 Å². The number of hydrogen-bond acceptors (Lipinski definition) is 3. The summed E-state index contributed by atoms with van der Waals surface area (Å²) in [6, 6.07) is 7.22. The maximum Gasteiger partial charge on any atom is 0.251 e. The molecule has 0 aliphatic rings. The van der Waals surface area contributed by atoms with E-state index in [1.54, 1.807) is 19.2 Å². The van der Waals surface area contributed by atoms with E-state index in [0.29, 0.717) is 18.7 Å². The molecule has 0 heterocycles. The van der Waals surface area contributed by atoms with Crippen molar-refractivity contribution in [3.8, 4) is 0 Å². The fourth-order valence-corrected chi connectivity index (χ4v) is 1.51. The molecule has 0 saturated carbocycles. The zero-order valence-corrected chi connectivity index (χ0v) is 10.7. The van der Waals surface area contributed by atoms with Gasteiger partial charge in [0.05, 0.1) is 6.54 Å². The average Bonchev–Trinajstić information content (AvgIpc) is 2.37. The SMILES string of the molecule is CCNC(=O)c1cccc(CNC(=O)CNC)c1. The van der Waals surface area contributed by atoms with Gasteiger partial charge in [0.25, 0.3) is 5.91 Å². The van der Waals surface area contributed by atoms with Crippen LogP contribution in [0, 0.1) is 0 Å². The van der Waals surface area contributed by atoms with Crippen LogP contribution in [0.4, 0.5) is 0 Å². The van der Waals surface area contributed by atoms with E-state index in [-0.39, 0.29) is 18.4 Å². The zero-order valence-electron chi connectivity index (χ0n) is 10.7. The van der Waals surface area contributed by atoms with Gasteiger partial charge in [-0.3, -0.25) is 9.59 Å². The quantitative estimate of drug-likeness (QED) is 0.678. The molecule has 0 bridgehead atoms. The van der Waals surface area contributed by atoms with Gasteiger partial charge in [-0.1, -0.05) is 12.1 Å². The van der Waals surface area contributed by atoms with E-state index in [0.717, 1.165) is 5.56 Å². The standard InChI is InChI=1S/C13H19N3O2/c1-3-15-13(18)11-6-4-5-10(7-11)8-16-12(17)9-14-2/h4-7,14H,3,8-9H2,1-2H3,(H,15,18)(H,16,17). The summed E-state index contributed by atoms with van der Waals surface area (Å²) < 4.78 is 0. The molecule has 0 aliphatic carbocycles. The number of amides is 2. The third kappa shape index (κ3) is 4.55. The van der Waals surface area contributed by atoms with Crippen LogP contribution in [0.3, 0.4) is 0 Å². The molecule has 0 saturated heterocycles. The van der Waals surface area contributed by atoms with Crippen LogP contribution in [0.25, 0.3) is 0 Å². The highest BCUT2D eigenvalue weighted by molar-refractivity contribution is 5.94. The molecule has 0 unspecified atom stereocenters. The summed E-state index contributed by atoms with van der Waals surface area (Å²) in [6.07, 6.45) is 0. The molecule has 18 heavy (non-hydrogen) atoms. The maximum absolute atomic E-state index is 11.6. The van der Waals surface area contributed by atoms with Crippen molar-refractivity contribution in [1.82, 2.24) is 16.0 Å². The van der Waals surface area contributed by atoms with Crippen molar-refractivity contribution in [3.63, 3.8) is 0 Å². The van der Waals surface area contributed by atoms with E-state index in [1.165, 1.54) is 0 Å². The van der Waals surface area contributed by atoms with Crippen molar-refractivity contribution in [2.45, 2.75) is 13.5 Å². The minimum atomic E-state index is -0.0964. The summed E-state index contributed by atoms with van der Waals surface area (Å²) in [4.78, 5) is 22.9. The van der Waals surface area contributed by atoms with Gasteiger partial charge in [-0.15, -0.1) is 0 Å². The summed E-state index contributed by atoms with van der Waals surface area (Å²) in [5.74, 6) is -0.165. The van der Waals surface area contributed by atoms with Crippen LogP contribution >= 0.6 is 0 Å². The lowest BCUT2D eigenvalue weighted by Gasteiger charge is -2.07. The molecule has 1 aromatic rings. The van der Waals surface area contributed by atoms with E-state index in [2.05, 4.69) is 16.0 Å². The smallest absolute Gasteiger partial charge is 0.251 e. The normalized spacial score (nSPS) is 9.89. The minimum Gasteiger partial charge on any atom is -0.352 e. The Labute approximate surface area is 107 Å². The number of likely N-dealkylation sites (N-methyl/N-ethyl adjacent to an activating group) is 1. The minimum absolute atomic E-state index is 0.0686. The third-order valence-electron chi connectivity index (χ3n) is 2.35.